The van der Waals surface area contributed by atoms with Gasteiger partial charge in [0.25, 0.3) is 0 Å². The number of aromatic nitrogens is 2. The highest BCUT2D eigenvalue weighted by molar-refractivity contribution is 5.68. The molecule has 19 heavy (non-hydrogen) atoms. The first-order valence-electron chi connectivity index (χ1n) is 6.48. The van der Waals surface area contributed by atoms with Gasteiger partial charge in [-0.25, -0.2) is 4.98 Å². The van der Waals surface area contributed by atoms with Crippen LogP contribution in [0.5, 0.6) is 5.75 Å². The third-order valence-electron chi connectivity index (χ3n) is 3.16. The molecule has 0 aliphatic rings. The molecule has 0 atom stereocenters. The van der Waals surface area contributed by atoms with Crippen molar-refractivity contribution in [3.63, 3.8) is 0 Å². The maximum absolute atomic E-state index is 8.93. The Morgan fingerprint density at radius 3 is 2.79 bits per heavy atom. The highest BCUT2D eigenvalue weighted by Crippen LogP contribution is 2.31. The Hall–Kier alpha value is -1.81. The van der Waals surface area contributed by atoms with Crippen LogP contribution in [0.4, 0.5) is 0 Å². The molecule has 1 heterocycles. The zero-order valence-electron chi connectivity index (χ0n) is 11.6. The van der Waals surface area contributed by atoms with Gasteiger partial charge in [-0.15, -0.1) is 0 Å². The molecule has 0 radical (unpaired) electrons. The normalized spacial score (nSPS) is 11.0. The number of nitrogens with zero attached hydrogens (tertiary/aromatic N) is 1. The fourth-order valence-electron chi connectivity index (χ4n) is 2.03. The highest BCUT2D eigenvalue weighted by Gasteiger charge is 2.11. The summed E-state index contributed by atoms with van der Waals surface area (Å²) in [7, 11) is 1.67. The van der Waals surface area contributed by atoms with Gasteiger partial charge in [0, 0.05) is 12.0 Å². The number of hydrogen-bond donors (Lipinski definition) is 2. The van der Waals surface area contributed by atoms with Crippen molar-refractivity contribution in [2.45, 2.75) is 26.2 Å². The molecule has 0 amide bonds. The third kappa shape index (κ3) is 2.96. The molecular formula is C15H20N2O2. The molecule has 0 saturated carbocycles. The zero-order valence-corrected chi connectivity index (χ0v) is 11.6. The second-order valence-corrected chi connectivity index (χ2v) is 4.83. The average Bonchev–Trinajstić information content (AvgIpc) is 2.87. The minimum absolute atomic E-state index is 0.0934. The van der Waals surface area contributed by atoms with Crippen molar-refractivity contribution in [1.29, 1.82) is 0 Å². The predicted octanol–water partition coefficient (Wildman–Crippen LogP) is 2.74. The molecule has 2 aromatic rings. The monoisotopic (exact) mass is 260 g/mol. The van der Waals surface area contributed by atoms with Gasteiger partial charge >= 0.3 is 0 Å². The first kappa shape index (κ1) is 13.6. The van der Waals surface area contributed by atoms with Crippen LogP contribution >= 0.6 is 0 Å². The van der Waals surface area contributed by atoms with Gasteiger partial charge < -0.3 is 14.8 Å². The summed E-state index contributed by atoms with van der Waals surface area (Å²) in [6.07, 6.45) is 2.32. The van der Waals surface area contributed by atoms with Crippen LogP contribution in [0.3, 0.4) is 0 Å². The van der Waals surface area contributed by atoms with Crippen molar-refractivity contribution >= 4 is 0 Å². The second kappa shape index (κ2) is 5.89. The number of aliphatic hydroxyl groups excluding tert-OH is 1. The van der Waals surface area contributed by atoms with E-state index in [2.05, 4.69) is 35.9 Å². The number of hydrogen-bond acceptors (Lipinski definition) is 3. The lowest BCUT2D eigenvalue weighted by Crippen LogP contribution is -1.94. The number of benzene rings is 1. The summed E-state index contributed by atoms with van der Waals surface area (Å²) in [6.45, 7) is 4.42. The summed E-state index contributed by atoms with van der Waals surface area (Å²) in [5, 5.41) is 8.93. The molecule has 1 aromatic heterocycles. The number of ether oxygens (including phenoxy) is 1. The highest BCUT2D eigenvalue weighted by atomic mass is 16.5. The molecule has 4 heteroatoms. The quantitative estimate of drug-likeness (QED) is 0.869. The summed E-state index contributed by atoms with van der Waals surface area (Å²) < 4.78 is 5.41. The fraction of sp³-hybridized carbons (Fsp3) is 0.400. The molecule has 102 valence electrons. The minimum atomic E-state index is 0.0934. The maximum Gasteiger partial charge on any atom is 0.128 e. The van der Waals surface area contributed by atoms with Gasteiger partial charge in [-0.3, -0.25) is 0 Å². The SMILES string of the molecule is COc1ccc(C(C)C)cc1-c1cnc(CCO)[nH]1. The number of rotatable bonds is 5. The molecule has 2 rings (SSSR count). The van der Waals surface area contributed by atoms with Crippen molar-refractivity contribution in [2.24, 2.45) is 0 Å². The molecule has 0 bridgehead atoms. The van der Waals surface area contributed by atoms with Crippen molar-refractivity contribution < 1.29 is 9.84 Å². The van der Waals surface area contributed by atoms with Crippen molar-refractivity contribution in [1.82, 2.24) is 9.97 Å². The van der Waals surface area contributed by atoms with E-state index in [1.165, 1.54) is 5.56 Å². The van der Waals surface area contributed by atoms with Crippen LogP contribution in [-0.4, -0.2) is 28.8 Å². The number of methoxy groups -OCH3 is 1. The topological polar surface area (TPSA) is 58.1 Å². The van der Waals surface area contributed by atoms with Crippen LogP contribution < -0.4 is 4.74 Å². The fourth-order valence-corrected chi connectivity index (χ4v) is 2.03. The number of aromatic amines is 1. The minimum Gasteiger partial charge on any atom is -0.496 e. The van der Waals surface area contributed by atoms with Crippen LogP contribution in [0.2, 0.25) is 0 Å². The van der Waals surface area contributed by atoms with Crippen LogP contribution in [0.1, 0.15) is 31.2 Å². The maximum atomic E-state index is 8.93. The van der Waals surface area contributed by atoms with E-state index in [1.54, 1.807) is 13.3 Å². The van der Waals surface area contributed by atoms with Crippen molar-refractivity contribution in [3.05, 3.63) is 35.8 Å². The number of nitrogens with one attached hydrogen (secondary N) is 1. The molecule has 0 spiro atoms. The first-order valence-corrected chi connectivity index (χ1v) is 6.48. The van der Waals surface area contributed by atoms with Gasteiger partial charge in [-0.1, -0.05) is 19.9 Å². The summed E-state index contributed by atoms with van der Waals surface area (Å²) in [5.41, 5.74) is 3.18. The Morgan fingerprint density at radius 2 is 2.16 bits per heavy atom. The van der Waals surface area contributed by atoms with Gasteiger partial charge in [-0.05, 0) is 23.6 Å². The Labute approximate surface area is 113 Å². The van der Waals surface area contributed by atoms with E-state index in [9.17, 15) is 0 Å². The Balaban J connectivity index is 2.42. The Kier molecular flexibility index (Phi) is 4.22. The molecule has 0 unspecified atom stereocenters. The molecule has 0 aliphatic carbocycles. The second-order valence-electron chi connectivity index (χ2n) is 4.83. The molecular weight excluding hydrogens is 240 g/mol. The van der Waals surface area contributed by atoms with Crippen LogP contribution in [-0.2, 0) is 6.42 Å². The van der Waals surface area contributed by atoms with Crippen LogP contribution in [0, 0.1) is 0 Å². The summed E-state index contributed by atoms with van der Waals surface area (Å²) in [6, 6.07) is 6.19. The van der Waals surface area contributed by atoms with Crippen LogP contribution in [0.25, 0.3) is 11.3 Å². The predicted molar refractivity (Wildman–Crippen MR) is 75.5 cm³/mol. The van der Waals surface area contributed by atoms with E-state index in [-0.39, 0.29) is 6.61 Å². The molecule has 0 fully saturated rings. The van der Waals surface area contributed by atoms with Crippen LogP contribution in [0.15, 0.2) is 24.4 Å². The lowest BCUT2D eigenvalue weighted by atomic mass is 9.99. The molecule has 1 aromatic carbocycles. The third-order valence-corrected chi connectivity index (χ3v) is 3.16. The zero-order chi connectivity index (χ0) is 13.8. The van der Waals surface area contributed by atoms with Gasteiger partial charge in [-0.2, -0.15) is 0 Å². The van der Waals surface area contributed by atoms with Gasteiger partial charge in [0.15, 0.2) is 0 Å². The molecule has 4 nitrogen and oxygen atoms in total. The lowest BCUT2D eigenvalue weighted by molar-refractivity contribution is 0.297. The number of aliphatic hydroxyl groups is 1. The summed E-state index contributed by atoms with van der Waals surface area (Å²) >= 11 is 0. The lowest BCUT2D eigenvalue weighted by Gasteiger charge is -2.11. The van der Waals surface area contributed by atoms with Crippen molar-refractivity contribution in [3.8, 4) is 17.0 Å². The van der Waals surface area contributed by atoms with Gasteiger partial charge in [0.1, 0.15) is 11.6 Å². The van der Waals surface area contributed by atoms with E-state index in [1.807, 2.05) is 6.07 Å². The summed E-state index contributed by atoms with van der Waals surface area (Å²) in [5.74, 6) is 2.07. The average molecular weight is 260 g/mol. The van der Waals surface area contributed by atoms with E-state index in [4.69, 9.17) is 9.84 Å². The van der Waals surface area contributed by atoms with Gasteiger partial charge in [0.2, 0.25) is 0 Å². The molecule has 0 saturated heterocycles. The standard InChI is InChI=1S/C15H20N2O2/c1-10(2)11-4-5-14(19-3)12(8-11)13-9-16-15(17-13)6-7-18/h4-5,8-10,18H,6-7H2,1-3H3,(H,16,17). The van der Waals surface area contributed by atoms with Gasteiger partial charge in [0.05, 0.1) is 25.6 Å². The van der Waals surface area contributed by atoms with E-state index in [0.717, 1.165) is 22.8 Å². The summed E-state index contributed by atoms with van der Waals surface area (Å²) in [4.78, 5) is 7.48. The number of H-pyrrole nitrogens is 1. The smallest absolute Gasteiger partial charge is 0.128 e. The molecule has 2 N–H and O–H groups in total. The first-order chi connectivity index (χ1) is 9.15. The van der Waals surface area contributed by atoms with E-state index >= 15 is 0 Å². The Morgan fingerprint density at radius 1 is 1.37 bits per heavy atom. The molecule has 0 aliphatic heterocycles. The van der Waals surface area contributed by atoms with E-state index in [0.29, 0.717) is 12.3 Å². The number of imidazole rings is 1. The largest absolute Gasteiger partial charge is 0.496 e. The van der Waals surface area contributed by atoms with Crippen molar-refractivity contribution in [2.75, 3.05) is 13.7 Å². The Bertz CT molecular complexity index is 547. The van der Waals surface area contributed by atoms with E-state index < -0.39 is 0 Å².